The largest absolute Gasteiger partial charge is 0.398 e. The predicted octanol–water partition coefficient (Wildman–Crippen LogP) is 1.68. The third kappa shape index (κ3) is 3.49. The molecule has 1 aromatic rings. The van der Waals surface area contributed by atoms with Gasteiger partial charge < -0.3 is 15.4 Å². The number of non-ortho nitro benzene ring substituents is 1. The van der Waals surface area contributed by atoms with E-state index in [9.17, 15) is 14.9 Å². The third-order valence-corrected chi connectivity index (χ3v) is 3.78. The number of carbonyl (C=O) groups excluding carboxylic acids is 1. The number of anilines is 1. The fourth-order valence-electron chi connectivity index (χ4n) is 2.55. The Hall–Kier alpha value is -2.15. The predicted molar refractivity (Wildman–Crippen MR) is 78.0 cm³/mol. The van der Waals surface area contributed by atoms with E-state index in [-0.39, 0.29) is 22.8 Å². The molecule has 114 valence electrons. The molecule has 1 saturated heterocycles. The molecule has 0 aromatic heterocycles. The third-order valence-electron chi connectivity index (χ3n) is 3.78. The molecule has 7 heteroatoms. The van der Waals surface area contributed by atoms with Crippen LogP contribution in [0.4, 0.5) is 11.4 Å². The molecule has 1 fully saturated rings. The number of nitro benzene ring substituents is 1. The highest BCUT2D eigenvalue weighted by Gasteiger charge is 2.25. The van der Waals surface area contributed by atoms with Gasteiger partial charge in [-0.1, -0.05) is 0 Å². The second-order valence-electron chi connectivity index (χ2n) is 5.22. The van der Waals surface area contributed by atoms with Crippen LogP contribution in [0.5, 0.6) is 0 Å². The summed E-state index contributed by atoms with van der Waals surface area (Å²) in [5, 5.41) is 10.8. The molecule has 2 N–H and O–H groups in total. The van der Waals surface area contributed by atoms with Crippen molar-refractivity contribution in [3.8, 4) is 0 Å². The summed E-state index contributed by atoms with van der Waals surface area (Å²) in [6, 6.07) is 3.96. The Morgan fingerprint density at radius 1 is 1.48 bits per heavy atom. The molecule has 2 rings (SSSR count). The summed E-state index contributed by atoms with van der Waals surface area (Å²) in [5.41, 5.74) is 6.13. The van der Waals surface area contributed by atoms with E-state index in [0.717, 1.165) is 12.8 Å². The maximum atomic E-state index is 12.5. The average Bonchev–Trinajstić information content (AvgIpc) is 2.48. The first-order valence-corrected chi connectivity index (χ1v) is 6.85. The first kappa shape index (κ1) is 15.2. The van der Waals surface area contributed by atoms with Gasteiger partial charge in [-0.25, -0.2) is 0 Å². The van der Waals surface area contributed by atoms with E-state index in [2.05, 4.69) is 0 Å². The monoisotopic (exact) mass is 293 g/mol. The minimum Gasteiger partial charge on any atom is -0.398 e. The maximum Gasteiger partial charge on any atom is 0.270 e. The van der Waals surface area contributed by atoms with Crippen molar-refractivity contribution in [2.45, 2.75) is 12.8 Å². The Balaban J connectivity index is 2.10. The standard InChI is InChI=1S/C14H19N3O4/c1-21-9-10-4-6-16(7-5-10)14(18)12-8-11(17(19)20)2-3-13(12)15/h2-3,8,10H,4-7,9,15H2,1H3. The topological polar surface area (TPSA) is 98.7 Å². The van der Waals surface area contributed by atoms with Gasteiger partial charge in [0.05, 0.1) is 10.5 Å². The number of carbonyl (C=O) groups is 1. The van der Waals surface area contributed by atoms with Crippen LogP contribution in [-0.2, 0) is 4.74 Å². The van der Waals surface area contributed by atoms with Gasteiger partial charge in [-0.3, -0.25) is 14.9 Å². The number of piperidine rings is 1. The highest BCUT2D eigenvalue weighted by Crippen LogP contribution is 2.24. The molecule has 0 bridgehead atoms. The number of nitro groups is 1. The summed E-state index contributed by atoms with van der Waals surface area (Å²) in [5.74, 6) is 0.216. The second kappa shape index (κ2) is 6.53. The lowest BCUT2D eigenvalue weighted by Gasteiger charge is -2.31. The molecule has 0 radical (unpaired) electrons. The SMILES string of the molecule is COCC1CCN(C(=O)c2cc([N+](=O)[O-])ccc2N)CC1. The van der Waals surface area contributed by atoms with Crippen LogP contribution in [-0.4, -0.2) is 42.5 Å². The zero-order chi connectivity index (χ0) is 15.4. The van der Waals surface area contributed by atoms with Gasteiger partial charge in [-0.05, 0) is 24.8 Å². The molecule has 0 unspecified atom stereocenters. The number of hydrogen-bond acceptors (Lipinski definition) is 5. The summed E-state index contributed by atoms with van der Waals surface area (Å²) in [4.78, 5) is 24.4. The molecule has 1 heterocycles. The van der Waals surface area contributed by atoms with Gasteiger partial charge in [0, 0.05) is 44.6 Å². The van der Waals surface area contributed by atoms with Crippen LogP contribution >= 0.6 is 0 Å². The van der Waals surface area contributed by atoms with Crippen molar-refractivity contribution in [2.75, 3.05) is 32.5 Å². The van der Waals surface area contributed by atoms with Crippen LogP contribution in [0.25, 0.3) is 0 Å². The van der Waals surface area contributed by atoms with E-state index in [4.69, 9.17) is 10.5 Å². The minimum atomic E-state index is -0.527. The minimum absolute atomic E-state index is 0.123. The number of methoxy groups -OCH3 is 1. The van der Waals surface area contributed by atoms with Crippen molar-refractivity contribution in [1.82, 2.24) is 4.90 Å². The van der Waals surface area contributed by atoms with Crippen molar-refractivity contribution >= 4 is 17.3 Å². The lowest BCUT2D eigenvalue weighted by molar-refractivity contribution is -0.384. The molecule has 0 atom stereocenters. The number of likely N-dealkylation sites (tertiary alicyclic amines) is 1. The van der Waals surface area contributed by atoms with Crippen molar-refractivity contribution in [1.29, 1.82) is 0 Å². The molecule has 1 amide bonds. The summed E-state index contributed by atoms with van der Waals surface area (Å²) >= 11 is 0. The highest BCUT2D eigenvalue weighted by atomic mass is 16.6. The van der Waals surface area contributed by atoms with Crippen LogP contribution in [0.2, 0.25) is 0 Å². The Labute approximate surface area is 122 Å². The van der Waals surface area contributed by atoms with Crippen molar-refractivity contribution in [3.05, 3.63) is 33.9 Å². The van der Waals surface area contributed by atoms with E-state index in [1.54, 1.807) is 12.0 Å². The van der Waals surface area contributed by atoms with E-state index >= 15 is 0 Å². The summed E-state index contributed by atoms with van der Waals surface area (Å²) in [6.45, 7) is 1.94. The van der Waals surface area contributed by atoms with E-state index < -0.39 is 4.92 Å². The van der Waals surface area contributed by atoms with Gasteiger partial charge in [0.2, 0.25) is 0 Å². The fraction of sp³-hybridized carbons (Fsp3) is 0.500. The summed E-state index contributed by atoms with van der Waals surface area (Å²) < 4.78 is 5.12. The Bertz CT molecular complexity index is 539. The van der Waals surface area contributed by atoms with Crippen LogP contribution in [0.15, 0.2) is 18.2 Å². The number of nitrogens with two attached hydrogens (primary N) is 1. The Morgan fingerprint density at radius 3 is 2.71 bits per heavy atom. The van der Waals surface area contributed by atoms with Crippen LogP contribution in [0, 0.1) is 16.0 Å². The van der Waals surface area contributed by atoms with E-state index in [0.29, 0.717) is 25.6 Å². The van der Waals surface area contributed by atoms with Gasteiger partial charge in [-0.15, -0.1) is 0 Å². The number of amides is 1. The summed E-state index contributed by atoms with van der Waals surface area (Å²) in [7, 11) is 1.67. The fourth-order valence-corrected chi connectivity index (χ4v) is 2.55. The number of rotatable bonds is 4. The molecule has 7 nitrogen and oxygen atoms in total. The lowest BCUT2D eigenvalue weighted by Crippen LogP contribution is -2.39. The Kier molecular flexibility index (Phi) is 4.74. The molecule has 0 aliphatic carbocycles. The van der Waals surface area contributed by atoms with Gasteiger partial charge >= 0.3 is 0 Å². The Morgan fingerprint density at radius 2 is 2.14 bits per heavy atom. The van der Waals surface area contributed by atoms with Gasteiger partial charge in [0.15, 0.2) is 0 Å². The molecular weight excluding hydrogens is 274 g/mol. The van der Waals surface area contributed by atoms with E-state index in [1.807, 2.05) is 0 Å². The highest BCUT2D eigenvalue weighted by molar-refractivity contribution is 5.99. The van der Waals surface area contributed by atoms with Crippen LogP contribution in [0.1, 0.15) is 23.2 Å². The normalized spacial score (nSPS) is 16.0. The molecule has 0 saturated carbocycles. The molecule has 1 aromatic carbocycles. The zero-order valence-corrected chi connectivity index (χ0v) is 11.9. The lowest BCUT2D eigenvalue weighted by atomic mass is 9.97. The van der Waals surface area contributed by atoms with Crippen molar-refractivity contribution in [3.63, 3.8) is 0 Å². The number of ether oxygens (including phenoxy) is 1. The van der Waals surface area contributed by atoms with Crippen molar-refractivity contribution in [2.24, 2.45) is 5.92 Å². The van der Waals surface area contributed by atoms with Gasteiger partial charge in [0.25, 0.3) is 11.6 Å². The summed E-state index contributed by atoms with van der Waals surface area (Å²) in [6.07, 6.45) is 1.74. The maximum absolute atomic E-state index is 12.5. The molecular formula is C14H19N3O4. The average molecular weight is 293 g/mol. The molecule has 21 heavy (non-hydrogen) atoms. The molecule has 1 aliphatic rings. The van der Waals surface area contributed by atoms with Gasteiger partial charge in [-0.2, -0.15) is 0 Å². The quantitative estimate of drug-likeness (QED) is 0.517. The molecule has 0 spiro atoms. The molecule has 1 aliphatic heterocycles. The van der Waals surface area contributed by atoms with E-state index in [1.165, 1.54) is 18.2 Å². The number of nitrogens with zero attached hydrogens (tertiary/aromatic N) is 2. The second-order valence-corrected chi connectivity index (χ2v) is 5.22. The smallest absolute Gasteiger partial charge is 0.270 e. The van der Waals surface area contributed by atoms with Crippen LogP contribution in [0.3, 0.4) is 0 Å². The first-order valence-electron chi connectivity index (χ1n) is 6.85. The zero-order valence-electron chi connectivity index (χ0n) is 11.9. The number of hydrogen-bond donors (Lipinski definition) is 1. The van der Waals surface area contributed by atoms with Gasteiger partial charge in [0.1, 0.15) is 0 Å². The van der Waals surface area contributed by atoms with Crippen LogP contribution < -0.4 is 5.73 Å². The van der Waals surface area contributed by atoms with Crippen molar-refractivity contribution < 1.29 is 14.5 Å². The number of nitrogen functional groups attached to an aromatic ring is 1. The number of benzene rings is 1. The first-order chi connectivity index (χ1) is 10.0.